The summed E-state index contributed by atoms with van der Waals surface area (Å²) in [6, 6.07) is 13.0. The molecule has 170 valence electrons. The normalized spacial score (nSPS) is 11.0. The lowest BCUT2D eigenvalue weighted by molar-refractivity contribution is 0.102. The summed E-state index contributed by atoms with van der Waals surface area (Å²) >= 11 is 1.44. The van der Waals surface area contributed by atoms with Crippen LogP contribution in [0, 0.1) is 6.92 Å². The van der Waals surface area contributed by atoms with E-state index in [0.29, 0.717) is 22.3 Å². The second kappa shape index (κ2) is 9.36. The average Bonchev–Trinajstić information content (AvgIpc) is 3.46. The van der Waals surface area contributed by atoms with Gasteiger partial charge in [-0.1, -0.05) is 13.3 Å². The van der Waals surface area contributed by atoms with Gasteiger partial charge in [0.15, 0.2) is 11.0 Å². The van der Waals surface area contributed by atoms with Gasteiger partial charge in [-0.15, -0.1) is 16.4 Å². The molecule has 5 rings (SSSR count). The maximum absolute atomic E-state index is 12.5. The van der Waals surface area contributed by atoms with Crippen molar-refractivity contribution >= 4 is 39.7 Å². The SMILES string of the molecule is CCCc1cc(Nc2ccc(C(=O)Nc3ncc(C)s3)cc2)n2nc(-c3cccnc3)nc2n1. The highest BCUT2D eigenvalue weighted by Crippen LogP contribution is 2.23. The Morgan fingerprint density at radius 2 is 1.97 bits per heavy atom. The summed E-state index contributed by atoms with van der Waals surface area (Å²) in [5.41, 5.74) is 3.11. The highest BCUT2D eigenvalue weighted by molar-refractivity contribution is 7.15. The predicted octanol–water partition coefficient (Wildman–Crippen LogP) is 4.90. The topological polar surface area (TPSA) is 110 Å². The Kier molecular flexibility index (Phi) is 5.96. The second-order valence-electron chi connectivity index (χ2n) is 7.70. The van der Waals surface area contributed by atoms with E-state index in [0.717, 1.165) is 40.5 Å². The van der Waals surface area contributed by atoms with Crippen LogP contribution >= 0.6 is 11.3 Å². The minimum Gasteiger partial charge on any atom is -0.340 e. The van der Waals surface area contributed by atoms with Gasteiger partial charge >= 0.3 is 0 Å². The van der Waals surface area contributed by atoms with Crippen LogP contribution in [-0.2, 0) is 6.42 Å². The number of pyridine rings is 1. The Morgan fingerprint density at radius 1 is 1.12 bits per heavy atom. The molecule has 5 aromatic rings. The predicted molar refractivity (Wildman–Crippen MR) is 133 cm³/mol. The third-order valence-electron chi connectivity index (χ3n) is 5.05. The van der Waals surface area contributed by atoms with E-state index in [4.69, 9.17) is 0 Å². The molecule has 1 amide bonds. The van der Waals surface area contributed by atoms with Crippen molar-refractivity contribution in [1.82, 2.24) is 29.5 Å². The molecule has 0 aliphatic heterocycles. The number of aromatic nitrogens is 6. The Hall–Kier alpha value is -4.18. The van der Waals surface area contributed by atoms with Crippen LogP contribution in [0.4, 0.5) is 16.6 Å². The molecule has 4 aromatic heterocycles. The van der Waals surface area contributed by atoms with E-state index < -0.39 is 0 Å². The fraction of sp³-hybridized carbons (Fsp3) is 0.167. The molecule has 0 fully saturated rings. The van der Waals surface area contributed by atoms with Crippen LogP contribution in [0.3, 0.4) is 0 Å². The number of nitrogens with one attached hydrogen (secondary N) is 2. The number of nitrogens with zero attached hydrogens (tertiary/aromatic N) is 6. The molecule has 10 heteroatoms. The number of rotatable bonds is 7. The molecule has 0 aliphatic rings. The third kappa shape index (κ3) is 4.62. The van der Waals surface area contributed by atoms with Crippen molar-refractivity contribution in [3.05, 3.63) is 77.2 Å². The number of carbonyl (C=O) groups is 1. The summed E-state index contributed by atoms with van der Waals surface area (Å²) in [4.78, 5) is 31.2. The molecular weight excluding hydrogens is 448 g/mol. The molecule has 0 spiro atoms. The Labute approximate surface area is 200 Å². The van der Waals surface area contributed by atoms with Gasteiger partial charge in [-0.25, -0.2) is 9.97 Å². The molecule has 0 saturated heterocycles. The van der Waals surface area contributed by atoms with Gasteiger partial charge in [0.25, 0.3) is 11.7 Å². The summed E-state index contributed by atoms with van der Waals surface area (Å²) in [5.74, 6) is 1.62. The quantitative estimate of drug-likeness (QED) is 0.348. The van der Waals surface area contributed by atoms with E-state index in [9.17, 15) is 4.79 Å². The number of fused-ring (bicyclic) bond motifs is 1. The Balaban J connectivity index is 1.42. The maximum Gasteiger partial charge on any atom is 0.257 e. The Bertz CT molecular complexity index is 1440. The highest BCUT2D eigenvalue weighted by atomic mass is 32.1. The van der Waals surface area contributed by atoms with Gasteiger partial charge in [0.05, 0.1) is 0 Å². The molecule has 0 atom stereocenters. The van der Waals surface area contributed by atoms with E-state index in [2.05, 4.69) is 42.6 Å². The van der Waals surface area contributed by atoms with Crippen molar-refractivity contribution in [3.8, 4) is 11.4 Å². The van der Waals surface area contributed by atoms with Gasteiger partial charge in [0.1, 0.15) is 5.82 Å². The van der Waals surface area contributed by atoms with Crippen LogP contribution in [0.1, 0.15) is 34.3 Å². The first-order valence-corrected chi connectivity index (χ1v) is 11.7. The van der Waals surface area contributed by atoms with E-state index in [-0.39, 0.29) is 5.91 Å². The first kappa shape index (κ1) is 21.7. The summed E-state index contributed by atoms with van der Waals surface area (Å²) in [6.45, 7) is 4.06. The maximum atomic E-state index is 12.5. The van der Waals surface area contributed by atoms with Gasteiger partial charge < -0.3 is 5.32 Å². The summed E-state index contributed by atoms with van der Waals surface area (Å²) in [6.07, 6.45) is 6.97. The van der Waals surface area contributed by atoms with Crippen molar-refractivity contribution < 1.29 is 4.79 Å². The summed E-state index contributed by atoms with van der Waals surface area (Å²) < 4.78 is 1.69. The molecule has 1 aromatic carbocycles. The molecule has 0 radical (unpaired) electrons. The molecule has 0 unspecified atom stereocenters. The highest BCUT2D eigenvalue weighted by Gasteiger charge is 2.14. The molecule has 34 heavy (non-hydrogen) atoms. The number of benzene rings is 1. The number of amides is 1. The zero-order valence-corrected chi connectivity index (χ0v) is 19.5. The zero-order valence-electron chi connectivity index (χ0n) is 18.7. The Morgan fingerprint density at radius 3 is 2.68 bits per heavy atom. The smallest absolute Gasteiger partial charge is 0.257 e. The van der Waals surface area contributed by atoms with E-state index in [1.807, 2.05) is 37.3 Å². The standard InChI is InChI=1S/C24H22N8OS/c1-3-5-19-12-20(32-23(28-19)29-21(31-32)17-6-4-11-25-14-17)27-18-9-7-16(8-10-18)22(33)30-24-26-13-15(2)34-24/h4,6-14,27H,3,5H2,1-2H3,(H,26,30,33). The minimum atomic E-state index is -0.199. The van der Waals surface area contributed by atoms with Crippen molar-refractivity contribution in [2.45, 2.75) is 26.7 Å². The first-order valence-electron chi connectivity index (χ1n) is 10.9. The van der Waals surface area contributed by atoms with Crippen molar-refractivity contribution in [3.63, 3.8) is 0 Å². The lowest BCUT2D eigenvalue weighted by atomic mass is 10.2. The molecule has 0 aliphatic carbocycles. The number of thiazole rings is 1. The number of anilines is 3. The van der Waals surface area contributed by atoms with E-state index in [1.165, 1.54) is 11.3 Å². The minimum absolute atomic E-state index is 0.199. The summed E-state index contributed by atoms with van der Waals surface area (Å²) in [7, 11) is 0. The second-order valence-corrected chi connectivity index (χ2v) is 8.94. The van der Waals surface area contributed by atoms with Crippen LogP contribution in [-0.4, -0.2) is 35.5 Å². The van der Waals surface area contributed by atoms with Crippen LogP contribution < -0.4 is 10.6 Å². The number of aryl methyl sites for hydroxylation is 2. The van der Waals surface area contributed by atoms with Crippen LogP contribution in [0.15, 0.2) is 61.1 Å². The van der Waals surface area contributed by atoms with Gasteiger partial charge in [0, 0.05) is 52.0 Å². The van der Waals surface area contributed by atoms with Crippen LogP contribution in [0.5, 0.6) is 0 Å². The lowest BCUT2D eigenvalue weighted by Crippen LogP contribution is -2.11. The monoisotopic (exact) mass is 470 g/mol. The van der Waals surface area contributed by atoms with Gasteiger partial charge in [-0.3, -0.25) is 15.1 Å². The van der Waals surface area contributed by atoms with Crippen LogP contribution in [0.25, 0.3) is 17.2 Å². The third-order valence-corrected chi connectivity index (χ3v) is 5.88. The summed E-state index contributed by atoms with van der Waals surface area (Å²) in [5, 5.41) is 11.4. The van der Waals surface area contributed by atoms with Gasteiger partial charge in [-0.2, -0.15) is 9.50 Å². The number of carbonyl (C=O) groups excluding carboxylic acids is 1. The first-order chi connectivity index (χ1) is 16.6. The molecule has 9 nitrogen and oxygen atoms in total. The van der Waals surface area contributed by atoms with Crippen molar-refractivity contribution in [2.75, 3.05) is 10.6 Å². The number of hydrogen-bond donors (Lipinski definition) is 2. The van der Waals surface area contributed by atoms with Gasteiger partial charge in [0.2, 0.25) is 0 Å². The van der Waals surface area contributed by atoms with Crippen LogP contribution in [0.2, 0.25) is 0 Å². The molecule has 4 heterocycles. The lowest BCUT2D eigenvalue weighted by Gasteiger charge is -2.10. The van der Waals surface area contributed by atoms with E-state index in [1.54, 1.807) is 35.2 Å². The van der Waals surface area contributed by atoms with E-state index >= 15 is 0 Å². The van der Waals surface area contributed by atoms with Crippen molar-refractivity contribution in [2.24, 2.45) is 0 Å². The molecule has 0 saturated carbocycles. The fourth-order valence-electron chi connectivity index (χ4n) is 3.44. The fourth-order valence-corrected chi connectivity index (χ4v) is 4.10. The van der Waals surface area contributed by atoms with Gasteiger partial charge in [-0.05, 0) is 49.7 Å². The molecule has 2 N–H and O–H groups in total. The zero-order chi connectivity index (χ0) is 23.5. The van der Waals surface area contributed by atoms with Crippen molar-refractivity contribution in [1.29, 1.82) is 0 Å². The largest absolute Gasteiger partial charge is 0.340 e. The molecular formula is C24H22N8OS. The number of hydrogen-bond acceptors (Lipinski definition) is 8. The average molecular weight is 471 g/mol. The molecule has 0 bridgehead atoms.